The standard InChI is InChI=1S/C14H22N4O2/c1-6-10(3)9-18(7-2)12-11(8-15)13(19)17(5)14(20)16(12)4/h10H,6-7,9H2,1-5H3. The number of aromatic nitrogens is 2. The normalized spacial score (nSPS) is 12.0. The highest BCUT2D eigenvalue weighted by atomic mass is 16.2. The summed E-state index contributed by atoms with van der Waals surface area (Å²) in [5.41, 5.74) is -0.917. The van der Waals surface area contributed by atoms with Crippen molar-refractivity contribution in [2.24, 2.45) is 20.0 Å². The minimum absolute atomic E-state index is 0.0275. The van der Waals surface area contributed by atoms with Crippen LogP contribution in [0.1, 0.15) is 32.8 Å². The molecule has 1 unspecified atom stereocenters. The first-order chi connectivity index (χ1) is 9.38. The zero-order chi connectivity index (χ0) is 15.4. The largest absolute Gasteiger partial charge is 0.357 e. The fourth-order valence-electron chi connectivity index (χ4n) is 2.17. The molecule has 1 atom stereocenters. The summed E-state index contributed by atoms with van der Waals surface area (Å²) in [5, 5.41) is 9.27. The Balaban J connectivity index is 3.54. The van der Waals surface area contributed by atoms with Gasteiger partial charge in [-0.05, 0) is 12.8 Å². The van der Waals surface area contributed by atoms with Crippen LogP contribution in [0.4, 0.5) is 5.82 Å². The van der Waals surface area contributed by atoms with Crippen LogP contribution in [0.2, 0.25) is 0 Å². The van der Waals surface area contributed by atoms with E-state index < -0.39 is 11.2 Å². The lowest BCUT2D eigenvalue weighted by molar-refractivity contribution is 0.535. The van der Waals surface area contributed by atoms with Gasteiger partial charge >= 0.3 is 5.69 Å². The number of anilines is 1. The number of hydrogen-bond acceptors (Lipinski definition) is 4. The van der Waals surface area contributed by atoms with Crippen molar-refractivity contribution in [2.45, 2.75) is 27.2 Å². The van der Waals surface area contributed by atoms with E-state index in [0.29, 0.717) is 24.8 Å². The molecule has 1 rings (SSSR count). The van der Waals surface area contributed by atoms with E-state index in [1.165, 1.54) is 11.6 Å². The molecule has 1 aromatic rings. The molecule has 0 aliphatic heterocycles. The van der Waals surface area contributed by atoms with Crippen LogP contribution in [0.15, 0.2) is 9.59 Å². The molecule has 6 heteroatoms. The van der Waals surface area contributed by atoms with E-state index in [9.17, 15) is 14.9 Å². The van der Waals surface area contributed by atoms with Gasteiger partial charge in [-0.15, -0.1) is 0 Å². The van der Waals surface area contributed by atoms with Crippen LogP contribution in [0.3, 0.4) is 0 Å². The zero-order valence-electron chi connectivity index (χ0n) is 12.8. The first-order valence-corrected chi connectivity index (χ1v) is 6.83. The van der Waals surface area contributed by atoms with Gasteiger partial charge < -0.3 is 4.90 Å². The SMILES string of the molecule is CCC(C)CN(CC)c1c(C#N)c(=O)n(C)c(=O)n1C. The van der Waals surface area contributed by atoms with E-state index in [2.05, 4.69) is 13.8 Å². The molecule has 0 amide bonds. The van der Waals surface area contributed by atoms with Crippen LogP contribution >= 0.6 is 0 Å². The fraction of sp³-hybridized carbons (Fsp3) is 0.643. The van der Waals surface area contributed by atoms with Gasteiger partial charge in [0.15, 0.2) is 5.56 Å². The molecule has 0 spiro atoms. The quantitative estimate of drug-likeness (QED) is 0.799. The van der Waals surface area contributed by atoms with Gasteiger partial charge in [0.1, 0.15) is 11.9 Å². The summed E-state index contributed by atoms with van der Waals surface area (Å²) < 4.78 is 2.35. The highest BCUT2D eigenvalue weighted by Gasteiger charge is 2.20. The molecule has 110 valence electrons. The van der Waals surface area contributed by atoms with E-state index in [4.69, 9.17) is 0 Å². The van der Waals surface area contributed by atoms with Crippen molar-refractivity contribution in [1.82, 2.24) is 9.13 Å². The Morgan fingerprint density at radius 3 is 2.30 bits per heavy atom. The molecular formula is C14H22N4O2. The van der Waals surface area contributed by atoms with Crippen molar-refractivity contribution in [1.29, 1.82) is 5.26 Å². The van der Waals surface area contributed by atoms with Crippen LogP contribution in [-0.4, -0.2) is 22.2 Å². The summed E-state index contributed by atoms with van der Waals surface area (Å²) in [6.45, 7) is 7.49. The molecule has 0 radical (unpaired) electrons. The van der Waals surface area contributed by atoms with Gasteiger partial charge in [0.05, 0.1) is 0 Å². The summed E-state index contributed by atoms with van der Waals surface area (Å²) in [6.07, 6.45) is 0.997. The minimum atomic E-state index is -0.534. The predicted octanol–water partition coefficient (Wildman–Crippen LogP) is 0.828. The monoisotopic (exact) mass is 278 g/mol. The highest BCUT2D eigenvalue weighted by molar-refractivity contribution is 5.53. The van der Waals surface area contributed by atoms with Gasteiger partial charge in [-0.2, -0.15) is 5.26 Å². The molecule has 0 fully saturated rings. The van der Waals surface area contributed by atoms with Crippen molar-refractivity contribution in [2.75, 3.05) is 18.0 Å². The van der Waals surface area contributed by atoms with Crippen molar-refractivity contribution < 1.29 is 0 Å². The van der Waals surface area contributed by atoms with E-state index in [1.54, 1.807) is 7.05 Å². The smallest absolute Gasteiger partial charge is 0.332 e. The number of rotatable bonds is 5. The maximum absolute atomic E-state index is 12.1. The van der Waals surface area contributed by atoms with Gasteiger partial charge in [0.2, 0.25) is 0 Å². The molecule has 0 N–H and O–H groups in total. The zero-order valence-corrected chi connectivity index (χ0v) is 12.8. The third-order valence-electron chi connectivity index (χ3n) is 3.66. The van der Waals surface area contributed by atoms with E-state index in [-0.39, 0.29) is 5.56 Å². The average Bonchev–Trinajstić information content (AvgIpc) is 2.46. The van der Waals surface area contributed by atoms with Gasteiger partial charge in [0, 0.05) is 27.2 Å². The third kappa shape index (κ3) is 2.77. The third-order valence-corrected chi connectivity index (χ3v) is 3.66. The van der Waals surface area contributed by atoms with E-state index in [0.717, 1.165) is 11.0 Å². The molecule has 0 aliphatic carbocycles. The molecular weight excluding hydrogens is 256 g/mol. The van der Waals surface area contributed by atoms with Gasteiger partial charge in [-0.3, -0.25) is 13.9 Å². The second-order valence-corrected chi connectivity index (χ2v) is 5.07. The summed E-state index contributed by atoms with van der Waals surface area (Å²) in [4.78, 5) is 26.0. The van der Waals surface area contributed by atoms with Crippen LogP contribution in [0, 0.1) is 17.2 Å². The van der Waals surface area contributed by atoms with Gasteiger partial charge in [-0.25, -0.2) is 4.79 Å². The molecule has 1 aromatic heterocycles. The van der Waals surface area contributed by atoms with E-state index >= 15 is 0 Å². The second-order valence-electron chi connectivity index (χ2n) is 5.07. The molecule has 0 saturated carbocycles. The predicted molar refractivity (Wildman–Crippen MR) is 79.0 cm³/mol. The Morgan fingerprint density at radius 2 is 1.85 bits per heavy atom. The van der Waals surface area contributed by atoms with Crippen molar-refractivity contribution in [3.05, 3.63) is 26.4 Å². The Kier molecular flexibility index (Phi) is 5.14. The van der Waals surface area contributed by atoms with Crippen LogP contribution < -0.4 is 16.1 Å². The maximum Gasteiger partial charge on any atom is 0.332 e. The van der Waals surface area contributed by atoms with Gasteiger partial charge in [-0.1, -0.05) is 20.3 Å². The Bertz CT molecular complexity index is 636. The molecule has 20 heavy (non-hydrogen) atoms. The number of nitriles is 1. The topological polar surface area (TPSA) is 71.0 Å². The first-order valence-electron chi connectivity index (χ1n) is 6.83. The van der Waals surface area contributed by atoms with Crippen LogP contribution in [0.25, 0.3) is 0 Å². The molecule has 6 nitrogen and oxygen atoms in total. The van der Waals surface area contributed by atoms with Crippen LogP contribution in [0.5, 0.6) is 0 Å². The summed E-state index contributed by atoms with van der Waals surface area (Å²) in [7, 11) is 2.98. The lowest BCUT2D eigenvalue weighted by Crippen LogP contribution is -2.43. The average molecular weight is 278 g/mol. The lowest BCUT2D eigenvalue weighted by Gasteiger charge is -2.28. The Morgan fingerprint density at radius 1 is 1.25 bits per heavy atom. The molecule has 0 aromatic carbocycles. The van der Waals surface area contributed by atoms with Crippen molar-refractivity contribution in [3.8, 4) is 6.07 Å². The second kappa shape index (κ2) is 6.42. The summed E-state index contributed by atoms with van der Waals surface area (Å²) >= 11 is 0. The Labute approximate surface area is 118 Å². The summed E-state index contributed by atoms with van der Waals surface area (Å²) in [5.74, 6) is 0.837. The van der Waals surface area contributed by atoms with Crippen molar-refractivity contribution in [3.63, 3.8) is 0 Å². The number of nitrogens with zero attached hydrogens (tertiary/aromatic N) is 4. The van der Waals surface area contributed by atoms with Gasteiger partial charge in [0.25, 0.3) is 5.56 Å². The lowest BCUT2D eigenvalue weighted by atomic mass is 10.1. The highest BCUT2D eigenvalue weighted by Crippen LogP contribution is 2.17. The molecule has 0 saturated heterocycles. The van der Waals surface area contributed by atoms with Crippen molar-refractivity contribution >= 4 is 5.82 Å². The first kappa shape index (κ1) is 16.0. The fourth-order valence-corrected chi connectivity index (χ4v) is 2.17. The number of hydrogen-bond donors (Lipinski definition) is 0. The maximum atomic E-state index is 12.1. The van der Waals surface area contributed by atoms with Crippen LogP contribution in [-0.2, 0) is 14.1 Å². The molecule has 1 heterocycles. The Hall–Kier alpha value is -2.03. The minimum Gasteiger partial charge on any atom is -0.357 e. The summed E-state index contributed by atoms with van der Waals surface area (Å²) in [6, 6.07) is 1.94. The molecule has 0 aliphatic rings. The van der Waals surface area contributed by atoms with E-state index in [1.807, 2.05) is 17.9 Å². The molecule has 0 bridgehead atoms.